The Kier molecular flexibility index (Phi) is 5.39. The number of sulfone groups is 1. The van der Waals surface area contributed by atoms with Crippen LogP contribution in [0.4, 0.5) is 0 Å². The lowest BCUT2D eigenvalue weighted by Gasteiger charge is -2.22. The summed E-state index contributed by atoms with van der Waals surface area (Å²) in [6.07, 6.45) is 1.22. The predicted octanol–water partition coefficient (Wildman–Crippen LogP) is -0.0746. The molecule has 0 radical (unpaired) electrons. The van der Waals surface area contributed by atoms with Crippen LogP contribution in [0.2, 0.25) is 0 Å². The van der Waals surface area contributed by atoms with Crippen LogP contribution in [0.3, 0.4) is 0 Å². The number of carbonyl (C=O) groups is 1. The molecular formula is C11H22N2O3S. The van der Waals surface area contributed by atoms with Gasteiger partial charge in [0.05, 0.1) is 5.25 Å². The van der Waals surface area contributed by atoms with Crippen molar-refractivity contribution >= 4 is 15.7 Å². The first-order valence-electron chi connectivity index (χ1n) is 6.11. The first kappa shape index (κ1) is 14.4. The summed E-state index contributed by atoms with van der Waals surface area (Å²) in [5.74, 6) is -0.414. The molecule has 0 spiro atoms. The number of rotatable bonds is 5. The maximum absolute atomic E-state index is 12.0. The summed E-state index contributed by atoms with van der Waals surface area (Å²) in [5.41, 5.74) is 0. The van der Waals surface area contributed by atoms with E-state index in [0.717, 1.165) is 13.1 Å². The molecule has 0 aromatic carbocycles. The molecule has 0 saturated carbocycles. The zero-order chi connectivity index (χ0) is 12.9. The Labute approximate surface area is 103 Å². The Morgan fingerprint density at radius 1 is 1.35 bits per heavy atom. The second-order valence-electron chi connectivity index (χ2n) is 4.95. The third-order valence-electron chi connectivity index (χ3n) is 2.83. The molecule has 0 aromatic heterocycles. The second kappa shape index (κ2) is 6.35. The van der Waals surface area contributed by atoms with E-state index in [0.29, 0.717) is 25.3 Å². The molecule has 0 unspecified atom stereocenters. The third kappa shape index (κ3) is 5.04. The van der Waals surface area contributed by atoms with Crippen LogP contribution < -0.4 is 10.6 Å². The largest absolute Gasteiger partial charge is 0.355 e. The lowest BCUT2D eigenvalue weighted by molar-refractivity contribution is -0.118. The van der Waals surface area contributed by atoms with E-state index in [1.54, 1.807) is 0 Å². The van der Waals surface area contributed by atoms with Crippen molar-refractivity contribution in [2.24, 2.45) is 5.92 Å². The normalized spacial score (nSPS) is 18.3. The van der Waals surface area contributed by atoms with E-state index in [-0.39, 0.29) is 16.9 Å². The maximum Gasteiger partial charge on any atom is 0.235 e. The number of hydrogen-bond donors (Lipinski definition) is 2. The van der Waals surface area contributed by atoms with Crippen molar-refractivity contribution in [1.82, 2.24) is 10.6 Å². The number of nitrogens with one attached hydrogen (secondary N) is 2. The van der Waals surface area contributed by atoms with Gasteiger partial charge >= 0.3 is 0 Å². The average molecular weight is 262 g/mol. The molecule has 6 heteroatoms. The van der Waals surface area contributed by atoms with Crippen LogP contribution in [0, 0.1) is 5.92 Å². The Balaban J connectivity index is 2.45. The van der Waals surface area contributed by atoms with Gasteiger partial charge in [0.25, 0.3) is 0 Å². The third-order valence-corrected chi connectivity index (χ3v) is 4.99. The molecule has 0 aliphatic carbocycles. The summed E-state index contributed by atoms with van der Waals surface area (Å²) in [5, 5.41) is 5.41. The summed E-state index contributed by atoms with van der Waals surface area (Å²) < 4.78 is 23.9. The lowest BCUT2D eigenvalue weighted by atomic mass is 10.2. The molecule has 1 aliphatic rings. The fourth-order valence-corrected chi connectivity index (χ4v) is 3.48. The van der Waals surface area contributed by atoms with Gasteiger partial charge in [-0.1, -0.05) is 13.8 Å². The fourth-order valence-electron chi connectivity index (χ4n) is 1.82. The molecule has 1 saturated heterocycles. The Morgan fingerprint density at radius 2 is 1.94 bits per heavy atom. The predicted molar refractivity (Wildman–Crippen MR) is 67.5 cm³/mol. The highest BCUT2D eigenvalue weighted by Gasteiger charge is 2.29. The van der Waals surface area contributed by atoms with Crippen molar-refractivity contribution in [2.45, 2.75) is 31.9 Å². The van der Waals surface area contributed by atoms with Crippen LogP contribution in [0.25, 0.3) is 0 Å². The summed E-state index contributed by atoms with van der Waals surface area (Å²) in [6, 6.07) is 0. The van der Waals surface area contributed by atoms with E-state index >= 15 is 0 Å². The van der Waals surface area contributed by atoms with Crippen molar-refractivity contribution in [2.75, 3.05) is 25.4 Å². The van der Waals surface area contributed by atoms with Crippen molar-refractivity contribution < 1.29 is 13.2 Å². The quantitative estimate of drug-likeness (QED) is 0.727. The molecule has 0 aromatic rings. The van der Waals surface area contributed by atoms with Gasteiger partial charge in [0, 0.05) is 6.54 Å². The number of carbonyl (C=O) groups excluding carboxylic acids is 1. The fraction of sp³-hybridized carbons (Fsp3) is 0.909. The van der Waals surface area contributed by atoms with Crippen LogP contribution in [0.1, 0.15) is 26.7 Å². The van der Waals surface area contributed by atoms with Gasteiger partial charge in [-0.2, -0.15) is 0 Å². The van der Waals surface area contributed by atoms with Gasteiger partial charge < -0.3 is 10.6 Å². The Bertz CT molecular complexity index is 346. The molecule has 5 nitrogen and oxygen atoms in total. The number of piperidine rings is 1. The summed E-state index contributed by atoms with van der Waals surface area (Å²) in [6.45, 7) is 5.92. The second-order valence-corrected chi connectivity index (χ2v) is 7.24. The van der Waals surface area contributed by atoms with Crippen molar-refractivity contribution in [3.8, 4) is 0 Å². The minimum Gasteiger partial charge on any atom is -0.355 e. The molecule has 1 heterocycles. The van der Waals surface area contributed by atoms with Gasteiger partial charge in [0.2, 0.25) is 5.91 Å². The van der Waals surface area contributed by atoms with Crippen LogP contribution in [0.15, 0.2) is 0 Å². The van der Waals surface area contributed by atoms with E-state index in [4.69, 9.17) is 0 Å². The first-order chi connectivity index (χ1) is 7.92. The molecule has 1 aliphatic heterocycles. The van der Waals surface area contributed by atoms with E-state index in [1.807, 2.05) is 13.8 Å². The lowest BCUT2D eigenvalue weighted by Crippen LogP contribution is -2.41. The van der Waals surface area contributed by atoms with Gasteiger partial charge in [-0.05, 0) is 31.8 Å². The smallest absolute Gasteiger partial charge is 0.235 e. The molecule has 17 heavy (non-hydrogen) atoms. The minimum atomic E-state index is -3.28. The van der Waals surface area contributed by atoms with Crippen LogP contribution in [0.5, 0.6) is 0 Å². The molecule has 2 N–H and O–H groups in total. The molecule has 1 rings (SSSR count). The van der Waals surface area contributed by atoms with Gasteiger partial charge in [0.15, 0.2) is 9.84 Å². The zero-order valence-corrected chi connectivity index (χ0v) is 11.3. The number of hydrogen-bond acceptors (Lipinski definition) is 4. The van der Waals surface area contributed by atoms with Crippen LogP contribution in [-0.2, 0) is 14.6 Å². The van der Waals surface area contributed by atoms with Crippen LogP contribution >= 0.6 is 0 Å². The Hall–Kier alpha value is -0.620. The molecule has 100 valence electrons. The van der Waals surface area contributed by atoms with Gasteiger partial charge in [-0.15, -0.1) is 0 Å². The molecule has 1 fully saturated rings. The number of amides is 1. The van der Waals surface area contributed by atoms with Gasteiger partial charge in [-0.25, -0.2) is 8.42 Å². The highest BCUT2D eigenvalue weighted by atomic mass is 32.2. The summed E-state index contributed by atoms with van der Waals surface area (Å²) in [7, 11) is -3.28. The topological polar surface area (TPSA) is 75.3 Å². The van der Waals surface area contributed by atoms with E-state index in [9.17, 15) is 13.2 Å². The SMILES string of the molecule is CC(C)CNC(=O)CS(=O)(=O)C1CCNCC1. The molecular weight excluding hydrogens is 240 g/mol. The molecule has 0 atom stereocenters. The van der Waals surface area contributed by atoms with Gasteiger partial charge in [0.1, 0.15) is 5.75 Å². The van der Waals surface area contributed by atoms with E-state index in [2.05, 4.69) is 10.6 Å². The van der Waals surface area contributed by atoms with Crippen molar-refractivity contribution in [3.05, 3.63) is 0 Å². The average Bonchev–Trinajstić information content (AvgIpc) is 2.27. The van der Waals surface area contributed by atoms with Gasteiger partial charge in [-0.3, -0.25) is 4.79 Å². The minimum absolute atomic E-state index is 0.334. The first-order valence-corrected chi connectivity index (χ1v) is 7.82. The van der Waals surface area contributed by atoms with Crippen molar-refractivity contribution in [1.29, 1.82) is 0 Å². The Morgan fingerprint density at radius 3 is 2.47 bits per heavy atom. The van der Waals surface area contributed by atoms with Crippen LogP contribution in [-0.4, -0.2) is 45.0 Å². The zero-order valence-electron chi connectivity index (χ0n) is 10.5. The monoisotopic (exact) mass is 262 g/mol. The van der Waals surface area contributed by atoms with E-state index < -0.39 is 9.84 Å². The summed E-state index contributed by atoms with van der Waals surface area (Å²) in [4.78, 5) is 11.5. The molecule has 0 bridgehead atoms. The maximum atomic E-state index is 12.0. The standard InChI is InChI=1S/C11H22N2O3S/c1-9(2)7-13-11(14)8-17(15,16)10-3-5-12-6-4-10/h9-10,12H,3-8H2,1-2H3,(H,13,14). The molecule has 1 amide bonds. The summed E-state index contributed by atoms with van der Waals surface area (Å²) >= 11 is 0. The van der Waals surface area contributed by atoms with Crippen molar-refractivity contribution in [3.63, 3.8) is 0 Å². The highest BCUT2D eigenvalue weighted by Crippen LogP contribution is 2.13. The van der Waals surface area contributed by atoms with E-state index in [1.165, 1.54) is 0 Å². The highest BCUT2D eigenvalue weighted by molar-refractivity contribution is 7.92.